The lowest BCUT2D eigenvalue weighted by atomic mass is 9.99. The summed E-state index contributed by atoms with van der Waals surface area (Å²) in [4.78, 5) is 4.64. The smallest absolute Gasteiger partial charge is 0.261 e. The van der Waals surface area contributed by atoms with Crippen LogP contribution in [-0.2, 0) is 16.6 Å². The first kappa shape index (κ1) is 27.3. The second kappa shape index (κ2) is 11.8. The topological polar surface area (TPSA) is 131 Å². The molecule has 1 atom stereocenters. The number of hydrogen-bond acceptors (Lipinski definition) is 7. The number of hydrogen-bond donors (Lipinski definition) is 4. The lowest BCUT2D eigenvalue weighted by molar-refractivity contribution is 0.158. The zero-order chi connectivity index (χ0) is 27.2. The minimum Gasteiger partial charge on any atom is -0.761 e. The molecule has 9 nitrogen and oxygen atoms in total. The van der Waals surface area contributed by atoms with Crippen molar-refractivity contribution < 1.29 is 13.5 Å². The zero-order valence-corrected chi connectivity index (χ0v) is 22.2. The number of nitrogens with one attached hydrogen (secondary N) is 3. The Morgan fingerprint density at radius 2 is 1.74 bits per heavy atom. The molecule has 0 spiro atoms. The fourth-order valence-corrected chi connectivity index (χ4v) is 5.02. The summed E-state index contributed by atoms with van der Waals surface area (Å²) in [6.07, 6.45) is 3.71. The predicted molar refractivity (Wildman–Crippen MR) is 150 cm³/mol. The largest absolute Gasteiger partial charge is 0.761 e. The molecule has 0 aliphatic heterocycles. The Morgan fingerprint density at radius 3 is 2.45 bits per heavy atom. The molecular formula is C28H32N5O4S-. The van der Waals surface area contributed by atoms with Gasteiger partial charge in [-0.3, -0.25) is 4.72 Å². The van der Waals surface area contributed by atoms with Gasteiger partial charge in [-0.1, -0.05) is 42.5 Å². The van der Waals surface area contributed by atoms with Crippen molar-refractivity contribution >= 4 is 21.4 Å². The quantitative estimate of drug-likeness (QED) is 0.193. The number of imidazole rings is 1. The molecule has 200 valence electrons. The van der Waals surface area contributed by atoms with Crippen LogP contribution in [-0.4, -0.2) is 35.2 Å². The number of β-amino-alcohol motifs (C(OH)–C–C–N with tert-alkyl or cyclic N) is 1. The van der Waals surface area contributed by atoms with Crippen LogP contribution in [0, 0.1) is 5.21 Å². The number of sulfonamides is 1. The van der Waals surface area contributed by atoms with E-state index in [0.717, 1.165) is 24.2 Å². The van der Waals surface area contributed by atoms with Gasteiger partial charge in [0.15, 0.2) is 0 Å². The van der Waals surface area contributed by atoms with E-state index in [1.165, 1.54) is 12.1 Å². The van der Waals surface area contributed by atoms with Gasteiger partial charge >= 0.3 is 0 Å². The first-order valence-electron chi connectivity index (χ1n) is 12.3. The van der Waals surface area contributed by atoms with Crippen molar-refractivity contribution in [3.05, 3.63) is 102 Å². The van der Waals surface area contributed by atoms with Crippen molar-refractivity contribution in [1.29, 1.82) is 0 Å². The van der Waals surface area contributed by atoms with Crippen LogP contribution in [0.25, 0.3) is 11.3 Å². The summed E-state index contributed by atoms with van der Waals surface area (Å²) in [6.45, 7) is 5.16. The molecule has 38 heavy (non-hydrogen) atoms. The second-order valence-corrected chi connectivity index (χ2v) is 11.4. The van der Waals surface area contributed by atoms with E-state index in [-0.39, 0.29) is 10.4 Å². The molecule has 0 saturated heterocycles. The van der Waals surface area contributed by atoms with E-state index in [1.807, 2.05) is 28.4 Å². The summed E-state index contributed by atoms with van der Waals surface area (Å²) < 4.78 is 29.8. The molecule has 1 unspecified atom stereocenters. The van der Waals surface area contributed by atoms with Crippen molar-refractivity contribution in [2.75, 3.05) is 16.7 Å². The number of aliphatic hydroxyl groups excluding tert-OH is 1. The summed E-state index contributed by atoms with van der Waals surface area (Å²) in [5.74, 6) is 0. The molecule has 3 aromatic carbocycles. The summed E-state index contributed by atoms with van der Waals surface area (Å²) >= 11 is 0. The summed E-state index contributed by atoms with van der Waals surface area (Å²) in [5, 5.41) is 24.9. The van der Waals surface area contributed by atoms with E-state index in [0.29, 0.717) is 23.5 Å². The Kier molecular flexibility index (Phi) is 8.48. The first-order valence-corrected chi connectivity index (χ1v) is 13.7. The number of benzene rings is 3. The Hall–Kier alpha value is -3.70. The van der Waals surface area contributed by atoms with Crippen LogP contribution in [0.1, 0.15) is 31.9 Å². The number of aromatic nitrogens is 2. The summed E-state index contributed by atoms with van der Waals surface area (Å²) in [7, 11) is -3.71. The normalized spacial score (nSPS) is 12.7. The van der Waals surface area contributed by atoms with Gasteiger partial charge in [-0.2, -0.15) is 0 Å². The third kappa shape index (κ3) is 7.20. The highest BCUT2D eigenvalue weighted by atomic mass is 32.2. The van der Waals surface area contributed by atoms with Crippen molar-refractivity contribution in [2.24, 2.45) is 0 Å². The molecule has 0 fully saturated rings. The van der Waals surface area contributed by atoms with Gasteiger partial charge in [0.25, 0.3) is 10.0 Å². The lowest BCUT2D eigenvalue weighted by Gasteiger charge is -2.28. The van der Waals surface area contributed by atoms with Crippen LogP contribution in [0.4, 0.5) is 11.4 Å². The average molecular weight is 535 g/mol. The van der Waals surface area contributed by atoms with E-state index in [9.17, 15) is 18.7 Å². The molecule has 0 aliphatic rings. The third-order valence-electron chi connectivity index (χ3n) is 6.28. The number of aliphatic hydroxyl groups is 1. The molecule has 0 amide bonds. The van der Waals surface area contributed by atoms with Crippen LogP contribution >= 0.6 is 0 Å². The highest BCUT2D eigenvalue weighted by molar-refractivity contribution is 7.92. The highest BCUT2D eigenvalue weighted by Gasteiger charge is 2.20. The summed E-state index contributed by atoms with van der Waals surface area (Å²) in [6, 6.07) is 22.1. The van der Waals surface area contributed by atoms with Crippen molar-refractivity contribution in [2.45, 2.75) is 43.4 Å². The van der Waals surface area contributed by atoms with Crippen LogP contribution in [0.2, 0.25) is 0 Å². The lowest BCUT2D eigenvalue weighted by Crippen LogP contribution is -2.42. The molecule has 1 aromatic heterocycles. The van der Waals surface area contributed by atoms with Gasteiger partial charge in [-0.05, 0) is 62.2 Å². The number of nitrogens with zero attached hydrogens (tertiary/aromatic N) is 2. The zero-order valence-electron chi connectivity index (χ0n) is 21.3. The van der Waals surface area contributed by atoms with Gasteiger partial charge in [-0.15, -0.1) is 0 Å². The maximum Gasteiger partial charge on any atom is 0.261 e. The third-order valence-corrected chi connectivity index (χ3v) is 7.68. The fourth-order valence-electron chi connectivity index (χ4n) is 3.95. The molecule has 4 aromatic rings. The number of rotatable bonds is 12. The SMILES string of the molecule is CC(C)(CCn1cnc(-c2ccc(N[O-])cc2)c1)NCC(O)c1cccc(NS(=O)(=O)c2ccccc2)c1. The van der Waals surface area contributed by atoms with E-state index in [2.05, 4.69) is 28.9 Å². The van der Waals surface area contributed by atoms with E-state index < -0.39 is 16.1 Å². The molecule has 0 bridgehead atoms. The number of anilines is 2. The molecule has 0 saturated carbocycles. The highest BCUT2D eigenvalue weighted by Crippen LogP contribution is 2.23. The minimum atomic E-state index is -3.71. The maximum atomic E-state index is 12.6. The maximum absolute atomic E-state index is 12.6. The molecule has 0 aliphatic carbocycles. The predicted octanol–water partition coefficient (Wildman–Crippen LogP) is 4.75. The Morgan fingerprint density at radius 1 is 1.00 bits per heavy atom. The monoisotopic (exact) mass is 534 g/mol. The van der Waals surface area contributed by atoms with Crippen LogP contribution < -0.4 is 15.5 Å². The van der Waals surface area contributed by atoms with Gasteiger partial charge < -0.3 is 25.7 Å². The molecule has 4 rings (SSSR count). The van der Waals surface area contributed by atoms with Crippen LogP contribution in [0.15, 0.2) is 96.3 Å². The molecule has 10 heteroatoms. The molecule has 4 N–H and O–H groups in total. The van der Waals surface area contributed by atoms with Crippen LogP contribution in [0.3, 0.4) is 0 Å². The average Bonchev–Trinajstić information content (AvgIpc) is 3.40. The van der Waals surface area contributed by atoms with Gasteiger partial charge in [0.1, 0.15) is 0 Å². The van der Waals surface area contributed by atoms with E-state index in [4.69, 9.17) is 0 Å². The first-order chi connectivity index (χ1) is 18.1. The van der Waals surface area contributed by atoms with Gasteiger partial charge in [0, 0.05) is 41.8 Å². The Balaban J connectivity index is 1.31. The van der Waals surface area contributed by atoms with E-state index in [1.54, 1.807) is 60.9 Å². The Bertz CT molecular complexity index is 1440. The fraction of sp³-hybridized carbons (Fsp3) is 0.250. The van der Waals surface area contributed by atoms with Gasteiger partial charge in [0.05, 0.1) is 23.0 Å². The van der Waals surface area contributed by atoms with Crippen LogP contribution in [0.5, 0.6) is 0 Å². The van der Waals surface area contributed by atoms with Crippen molar-refractivity contribution in [3.63, 3.8) is 0 Å². The summed E-state index contributed by atoms with van der Waals surface area (Å²) in [5.41, 5.74) is 4.84. The van der Waals surface area contributed by atoms with E-state index >= 15 is 0 Å². The molecule has 1 heterocycles. The van der Waals surface area contributed by atoms with Crippen molar-refractivity contribution in [1.82, 2.24) is 14.9 Å². The van der Waals surface area contributed by atoms with Crippen molar-refractivity contribution in [3.8, 4) is 11.3 Å². The van der Waals surface area contributed by atoms with Gasteiger partial charge in [-0.25, -0.2) is 13.4 Å². The molecule has 0 radical (unpaired) electrons. The minimum absolute atomic E-state index is 0.175. The second-order valence-electron chi connectivity index (χ2n) is 9.75. The number of aryl methyl sites for hydroxylation is 1. The van der Waals surface area contributed by atoms with Gasteiger partial charge in [0.2, 0.25) is 0 Å². The standard InChI is InChI=1S/C28H32N5O4S/c1-28(2,15-16-33-19-26(29-20-33)21-11-13-23(31-35)14-12-21)30-18-27(34)22-7-6-8-24(17-22)32-38(36,37)25-9-4-3-5-10-25/h3-14,17,19-20,27,30-32,34H,15-16,18H2,1-2H3/q-1. The Labute approximate surface area is 223 Å². The molecular weight excluding hydrogens is 502 g/mol.